The minimum Gasteiger partial charge on any atom is -0.465 e. The topological polar surface area (TPSA) is 110 Å². The molecule has 2 aromatic carbocycles. The Balaban J connectivity index is 1.56. The number of hydrogen-bond acceptors (Lipinski definition) is 8. The number of aryl methyl sites for hydroxylation is 1. The highest BCUT2D eigenvalue weighted by Gasteiger charge is 2.25. The van der Waals surface area contributed by atoms with Crippen molar-refractivity contribution < 1.29 is 19.1 Å². The van der Waals surface area contributed by atoms with Gasteiger partial charge >= 0.3 is 5.97 Å². The summed E-state index contributed by atoms with van der Waals surface area (Å²) >= 11 is 2.73. The summed E-state index contributed by atoms with van der Waals surface area (Å²) in [6.45, 7) is 5.68. The number of amides is 2. The van der Waals surface area contributed by atoms with Gasteiger partial charge in [-0.15, -0.1) is 10.2 Å². The standard InChI is InChI=1S/C24H26N4O4S2/c1-14(2)19(25-20(29)17-9-5-15(3)6-10-17)21(30)26-23-27-28-24(34-23)33-13-16-7-11-18(12-8-16)22(31)32-4/h5-12,14,19H,13H2,1-4H3,(H,25,29)(H,26,27,30)/t19-/m1/s1. The second kappa shape index (κ2) is 11.8. The maximum Gasteiger partial charge on any atom is 0.337 e. The van der Waals surface area contributed by atoms with E-state index in [4.69, 9.17) is 4.74 Å². The number of hydrogen-bond donors (Lipinski definition) is 2. The van der Waals surface area contributed by atoms with Crippen molar-refractivity contribution in [3.63, 3.8) is 0 Å². The van der Waals surface area contributed by atoms with Gasteiger partial charge in [-0.25, -0.2) is 4.79 Å². The molecule has 0 aliphatic rings. The Morgan fingerprint density at radius 3 is 2.26 bits per heavy atom. The van der Waals surface area contributed by atoms with Crippen molar-refractivity contribution in [2.45, 2.75) is 36.9 Å². The quantitative estimate of drug-likeness (QED) is 0.257. The summed E-state index contributed by atoms with van der Waals surface area (Å²) in [6.07, 6.45) is 0. The summed E-state index contributed by atoms with van der Waals surface area (Å²) in [5.74, 6) is -0.518. The van der Waals surface area contributed by atoms with Gasteiger partial charge in [-0.05, 0) is 42.7 Å². The average Bonchev–Trinajstić information content (AvgIpc) is 3.28. The zero-order valence-corrected chi connectivity index (χ0v) is 21.0. The summed E-state index contributed by atoms with van der Waals surface area (Å²) in [5, 5.41) is 14.1. The molecule has 0 spiro atoms. The number of rotatable bonds is 9. The minimum atomic E-state index is -0.720. The van der Waals surface area contributed by atoms with Gasteiger partial charge in [0.2, 0.25) is 11.0 Å². The molecule has 10 heteroatoms. The number of aromatic nitrogens is 2. The van der Waals surface area contributed by atoms with Gasteiger partial charge < -0.3 is 10.1 Å². The highest BCUT2D eigenvalue weighted by Crippen LogP contribution is 2.28. The molecular formula is C24H26N4O4S2. The van der Waals surface area contributed by atoms with Crippen LogP contribution in [0, 0.1) is 12.8 Å². The normalized spacial score (nSPS) is 11.7. The third kappa shape index (κ3) is 6.88. The first kappa shape index (κ1) is 25.4. The molecule has 3 rings (SSSR count). The number of nitrogens with zero attached hydrogens (tertiary/aromatic N) is 2. The van der Waals surface area contributed by atoms with Gasteiger partial charge in [-0.3, -0.25) is 14.9 Å². The molecule has 34 heavy (non-hydrogen) atoms. The lowest BCUT2D eigenvalue weighted by Gasteiger charge is -2.21. The summed E-state index contributed by atoms with van der Waals surface area (Å²) < 4.78 is 5.39. The lowest BCUT2D eigenvalue weighted by atomic mass is 10.0. The SMILES string of the molecule is COC(=O)c1ccc(CSc2nnc(NC(=O)[C@H](NC(=O)c3ccc(C)cc3)C(C)C)s2)cc1. The first-order valence-corrected chi connectivity index (χ1v) is 12.4. The highest BCUT2D eigenvalue weighted by atomic mass is 32.2. The first-order valence-electron chi connectivity index (χ1n) is 10.6. The Labute approximate surface area is 206 Å². The monoisotopic (exact) mass is 498 g/mol. The third-order valence-corrected chi connectivity index (χ3v) is 6.97. The van der Waals surface area contributed by atoms with Gasteiger partial charge in [0.05, 0.1) is 12.7 Å². The van der Waals surface area contributed by atoms with Crippen LogP contribution in [0.25, 0.3) is 0 Å². The van der Waals surface area contributed by atoms with Crippen molar-refractivity contribution in [3.05, 3.63) is 70.8 Å². The van der Waals surface area contributed by atoms with E-state index in [-0.39, 0.29) is 23.7 Å². The smallest absolute Gasteiger partial charge is 0.337 e. The Kier molecular flexibility index (Phi) is 8.78. The van der Waals surface area contributed by atoms with Gasteiger partial charge in [0.15, 0.2) is 4.34 Å². The molecule has 2 N–H and O–H groups in total. The van der Waals surface area contributed by atoms with Crippen LogP contribution < -0.4 is 10.6 Å². The average molecular weight is 499 g/mol. The molecule has 1 atom stereocenters. The zero-order valence-electron chi connectivity index (χ0n) is 19.3. The van der Waals surface area contributed by atoms with E-state index in [2.05, 4.69) is 20.8 Å². The van der Waals surface area contributed by atoms with Crippen LogP contribution in [-0.2, 0) is 15.3 Å². The Hall–Kier alpha value is -3.24. The molecule has 0 saturated carbocycles. The number of esters is 1. The van der Waals surface area contributed by atoms with Crippen molar-refractivity contribution in [2.75, 3.05) is 12.4 Å². The van der Waals surface area contributed by atoms with Crippen molar-refractivity contribution in [3.8, 4) is 0 Å². The van der Waals surface area contributed by atoms with Gasteiger partial charge in [0, 0.05) is 11.3 Å². The first-order chi connectivity index (χ1) is 16.3. The number of carbonyl (C=O) groups is 3. The molecule has 178 valence electrons. The Morgan fingerprint density at radius 1 is 1.00 bits per heavy atom. The van der Waals surface area contributed by atoms with E-state index in [0.29, 0.717) is 26.4 Å². The van der Waals surface area contributed by atoms with Crippen LogP contribution in [0.2, 0.25) is 0 Å². The fraction of sp³-hybridized carbons (Fsp3) is 0.292. The van der Waals surface area contributed by atoms with Crippen molar-refractivity contribution in [2.24, 2.45) is 5.92 Å². The molecule has 0 unspecified atom stereocenters. The molecule has 3 aromatic rings. The van der Waals surface area contributed by atoms with Crippen LogP contribution in [0.15, 0.2) is 52.9 Å². The number of thioether (sulfide) groups is 1. The molecule has 1 aromatic heterocycles. The second-order valence-electron chi connectivity index (χ2n) is 7.90. The van der Waals surface area contributed by atoms with E-state index in [0.717, 1.165) is 11.1 Å². The van der Waals surface area contributed by atoms with Crippen LogP contribution in [0.4, 0.5) is 5.13 Å². The molecular weight excluding hydrogens is 472 g/mol. The number of ether oxygens (including phenoxy) is 1. The number of benzene rings is 2. The molecule has 0 aliphatic heterocycles. The van der Waals surface area contributed by atoms with Crippen LogP contribution in [0.1, 0.15) is 45.7 Å². The Bertz CT molecular complexity index is 1140. The minimum absolute atomic E-state index is 0.121. The van der Waals surface area contributed by atoms with E-state index >= 15 is 0 Å². The summed E-state index contributed by atoms with van der Waals surface area (Å²) in [7, 11) is 1.35. The summed E-state index contributed by atoms with van der Waals surface area (Å²) in [4.78, 5) is 37.0. The van der Waals surface area contributed by atoms with E-state index in [1.54, 1.807) is 24.3 Å². The van der Waals surface area contributed by atoms with Crippen LogP contribution in [0.3, 0.4) is 0 Å². The van der Waals surface area contributed by atoms with Crippen LogP contribution in [0.5, 0.6) is 0 Å². The van der Waals surface area contributed by atoms with E-state index in [9.17, 15) is 14.4 Å². The molecule has 0 saturated heterocycles. The number of anilines is 1. The van der Waals surface area contributed by atoms with E-state index in [1.807, 2.05) is 45.0 Å². The maximum absolute atomic E-state index is 12.8. The van der Waals surface area contributed by atoms with Crippen molar-refractivity contribution >= 4 is 46.0 Å². The largest absolute Gasteiger partial charge is 0.465 e. The Morgan fingerprint density at radius 2 is 1.65 bits per heavy atom. The van der Waals surface area contributed by atoms with E-state index < -0.39 is 6.04 Å². The van der Waals surface area contributed by atoms with Gasteiger partial charge in [0.25, 0.3) is 5.91 Å². The lowest BCUT2D eigenvalue weighted by molar-refractivity contribution is -0.118. The molecule has 8 nitrogen and oxygen atoms in total. The predicted molar refractivity (Wildman–Crippen MR) is 133 cm³/mol. The second-order valence-corrected chi connectivity index (χ2v) is 10.1. The predicted octanol–water partition coefficient (Wildman–Crippen LogP) is 4.32. The number of nitrogens with one attached hydrogen (secondary N) is 2. The van der Waals surface area contributed by atoms with Gasteiger partial charge in [0.1, 0.15) is 6.04 Å². The number of carbonyl (C=O) groups excluding carboxylic acids is 3. The van der Waals surface area contributed by atoms with Crippen LogP contribution in [-0.4, -0.2) is 41.1 Å². The number of methoxy groups -OCH3 is 1. The summed E-state index contributed by atoms with van der Waals surface area (Å²) in [5.41, 5.74) is 3.06. The maximum atomic E-state index is 12.8. The van der Waals surface area contributed by atoms with Crippen molar-refractivity contribution in [1.82, 2.24) is 15.5 Å². The summed E-state index contributed by atoms with van der Waals surface area (Å²) in [6, 6.07) is 13.6. The lowest BCUT2D eigenvalue weighted by Crippen LogP contribution is -2.47. The molecule has 2 amide bonds. The molecule has 0 radical (unpaired) electrons. The van der Waals surface area contributed by atoms with Gasteiger partial charge in [-0.1, -0.05) is 66.8 Å². The molecule has 0 aliphatic carbocycles. The fourth-order valence-corrected chi connectivity index (χ4v) is 4.68. The molecule has 0 fully saturated rings. The van der Waals surface area contributed by atoms with Gasteiger partial charge in [-0.2, -0.15) is 0 Å². The van der Waals surface area contributed by atoms with E-state index in [1.165, 1.54) is 30.2 Å². The molecule has 0 bridgehead atoms. The fourth-order valence-electron chi connectivity index (χ4n) is 2.97. The van der Waals surface area contributed by atoms with Crippen LogP contribution >= 0.6 is 23.1 Å². The highest BCUT2D eigenvalue weighted by molar-refractivity contribution is 8.00. The van der Waals surface area contributed by atoms with Crippen molar-refractivity contribution in [1.29, 1.82) is 0 Å². The zero-order chi connectivity index (χ0) is 24.7. The molecule has 1 heterocycles. The third-order valence-electron chi connectivity index (χ3n) is 4.92.